The van der Waals surface area contributed by atoms with Crippen LogP contribution in [0.2, 0.25) is 0 Å². The van der Waals surface area contributed by atoms with Crippen molar-refractivity contribution in [2.45, 2.75) is 44.6 Å². The van der Waals surface area contributed by atoms with Crippen molar-refractivity contribution in [2.75, 3.05) is 19.6 Å². The first-order chi connectivity index (χ1) is 9.69. The number of carbonyl (C=O) groups excluding carboxylic acids is 2. The van der Waals surface area contributed by atoms with Gasteiger partial charge < -0.3 is 16.0 Å². The Hall–Kier alpha value is -1.10. The summed E-state index contributed by atoms with van der Waals surface area (Å²) in [6.45, 7) is 2.23. The Morgan fingerprint density at radius 2 is 2.15 bits per heavy atom. The third-order valence-corrected chi connectivity index (χ3v) is 5.41. The van der Waals surface area contributed by atoms with Gasteiger partial charge in [0.2, 0.25) is 11.8 Å². The number of nitrogens with one attached hydrogen (secondary N) is 1. The molecule has 3 rings (SSSR count). The summed E-state index contributed by atoms with van der Waals surface area (Å²) < 4.78 is 0. The van der Waals surface area contributed by atoms with Gasteiger partial charge in [0.15, 0.2) is 0 Å². The van der Waals surface area contributed by atoms with Crippen LogP contribution in [0.3, 0.4) is 0 Å². The molecule has 3 aliphatic rings. The lowest BCUT2D eigenvalue weighted by atomic mass is 9.84. The van der Waals surface area contributed by atoms with Crippen molar-refractivity contribution in [3.63, 3.8) is 0 Å². The van der Waals surface area contributed by atoms with Crippen LogP contribution < -0.4 is 11.1 Å². The van der Waals surface area contributed by atoms with Gasteiger partial charge in [-0.2, -0.15) is 0 Å². The van der Waals surface area contributed by atoms with Crippen molar-refractivity contribution in [1.82, 2.24) is 10.2 Å². The van der Waals surface area contributed by atoms with Gasteiger partial charge in [0.1, 0.15) is 0 Å². The van der Waals surface area contributed by atoms with Gasteiger partial charge in [-0.25, -0.2) is 0 Å². The predicted molar refractivity (Wildman–Crippen MR) is 75.7 cm³/mol. The Morgan fingerprint density at radius 3 is 2.95 bits per heavy atom. The third kappa shape index (κ3) is 2.55. The molecule has 20 heavy (non-hydrogen) atoms. The predicted octanol–water partition coefficient (Wildman–Crippen LogP) is 0.489. The third-order valence-electron chi connectivity index (χ3n) is 5.41. The number of rotatable bonds is 2. The standard InChI is InChI=1S/C15H25N3O2/c16-8-10-2-1-3-12(10)15(20)18-7-6-13-11(9-18)4-5-14(19)17-13/h10-13H,1-9,16H2,(H,17,19). The molecule has 2 amide bonds. The van der Waals surface area contributed by atoms with Crippen LogP contribution in [-0.4, -0.2) is 42.4 Å². The minimum Gasteiger partial charge on any atom is -0.353 e. The summed E-state index contributed by atoms with van der Waals surface area (Å²) in [7, 11) is 0. The Morgan fingerprint density at radius 1 is 1.30 bits per heavy atom. The minimum absolute atomic E-state index is 0.148. The largest absolute Gasteiger partial charge is 0.353 e. The molecular formula is C15H25N3O2. The van der Waals surface area contributed by atoms with Crippen LogP contribution in [0.25, 0.3) is 0 Å². The van der Waals surface area contributed by atoms with E-state index in [0.717, 1.165) is 45.2 Å². The van der Waals surface area contributed by atoms with Gasteiger partial charge in [-0.3, -0.25) is 9.59 Å². The van der Waals surface area contributed by atoms with Crippen molar-refractivity contribution in [1.29, 1.82) is 0 Å². The van der Waals surface area contributed by atoms with Crippen LogP contribution in [0, 0.1) is 17.8 Å². The molecular weight excluding hydrogens is 254 g/mol. The zero-order valence-corrected chi connectivity index (χ0v) is 12.0. The highest BCUT2D eigenvalue weighted by molar-refractivity contribution is 5.80. The van der Waals surface area contributed by atoms with Gasteiger partial charge in [0, 0.05) is 31.5 Å². The van der Waals surface area contributed by atoms with Crippen molar-refractivity contribution < 1.29 is 9.59 Å². The molecule has 3 fully saturated rings. The minimum atomic E-state index is 0.148. The van der Waals surface area contributed by atoms with E-state index in [9.17, 15) is 9.59 Å². The molecule has 0 aromatic heterocycles. The summed E-state index contributed by atoms with van der Waals surface area (Å²) in [6.07, 6.45) is 5.67. The van der Waals surface area contributed by atoms with Crippen molar-refractivity contribution >= 4 is 11.8 Å². The van der Waals surface area contributed by atoms with Crippen LogP contribution in [0.5, 0.6) is 0 Å². The molecule has 4 unspecified atom stereocenters. The first kappa shape index (κ1) is 13.9. The second kappa shape index (κ2) is 5.72. The van der Waals surface area contributed by atoms with Crippen LogP contribution in [0.15, 0.2) is 0 Å². The van der Waals surface area contributed by atoms with Crippen LogP contribution >= 0.6 is 0 Å². The molecule has 3 N–H and O–H groups in total. The molecule has 2 saturated heterocycles. The van der Waals surface area contributed by atoms with E-state index in [1.165, 1.54) is 0 Å². The molecule has 0 bridgehead atoms. The van der Waals surface area contributed by atoms with E-state index in [1.54, 1.807) is 0 Å². The molecule has 5 nitrogen and oxygen atoms in total. The average molecular weight is 279 g/mol. The van der Waals surface area contributed by atoms with Gasteiger partial charge in [-0.1, -0.05) is 6.42 Å². The van der Waals surface area contributed by atoms with Crippen molar-refractivity contribution in [3.05, 3.63) is 0 Å². The molecule has 5 heteroatoms. The number of hydrogen-bond donors (Lipinski definition) is 2. The van der Waals surface area contributed by atoms with E-state index < -0.39 is 0 Å². The highest BCUT2D eigenvalue weighted by atomic mass is 16.2. The van der Waals surface area contributed by atoms with Gasteiger partial charge in [0.25, 0.3) is 0 Å². The zero-order chi connectivity index (χ0) is 14.1. The lowest BCUT2D eigenvalue weighted by Gasteiger charge is -2.42. The summed E-state index contributed by atoms with van der Waals surface area (Å²) in [5.74, 6) is 1.46. The van der Waals surface area contributed by atoms with Gasteiger partial charge in [-0.05, 0) is 44.1 Å². The smallest absolute Gasteiger partial charge is 0.226 e. The van der Waals surface area contributed by atoms with E-state index in [2.05, 4.69) is 5.32 Å². The second-order valence-corrected chi connectivity index (χ2v) is 6.58. The summed E-state index contributed by atoms with van der Waals surface area (Å²) in [6, 6.07) is 0.286. The average Bonchev–Trinajstić information content (AvgIpc) is 2.94. The van der Waals surface area contributed by atoms with Crippen molar-refractivity contribution in [2.24, 2.45) is 23.5 Å². The molecule has 0 aromatic rings. The molecule has 1 aliphatic carbocycles. The number of nitrogens with zero attached hydrogens (tertiary/aromatic N) is 1. The van der Waals surface area contributed by atoms with Crippen LogP contribution in [0.4, 0.5) is 0 Å². The Balaban J connectivity index is 1.61. The zero-order valence-electron chi connectivity index (χ0n) is 12.0. The van der Waals surface area contributed by atoms with E-state index in [4.69, 9.17) is 5.73 Å². The monoisotopic (exact) mass is 279 g/mol. The van der Waals surface area contributed by atoms with E-state index in [1.807, 2.05) is 4.90 Å². The number of carbonyl (C=O) groups is 2. The molecule has 0 spiro atoms. The normalized spacial score (nSPS) is 37.5. The SMILES string of the molecule is NCC1CCCC1C(=O)N1CCC2NC(=O)CCC2C1. The van der Waals surface area contributed by atoms with E-state index in [-0.39, 0.29) is 17.9 Å². The topological polar surface area (TPSA) is 75.4 Å². The van der Waals surface area contributed by atoms with Crippen LogP contribution in [-0.2, 0) is 9.59 Å². The highest BCUT2D eigenvalue weighted by Crippen LogP contribution is 2.34. The number of fused-ring (bicyclic) bond motifs is 1. The van der Waals surface area contributed by atoms with Gasteiger partial charge in [0.05, 0.1) is 0 Å². The number of hydrogen-bond acceptors (Lipinski definition) is 3. The fourth-order valence-corrected chi connectivity index (χ4v) is 4.19. The van der Waals surface area contributed by atoms with Gasteiger partial charge >= 0.3 is 0 Å². The summed E-state index contributed by atoms with van der Waals surface area (Å²) in [5, 5.41) is 3.07. The maximum atomic E-state index is 12.7. The molecule has 0 aromatic carbocycles. The van der Waals surface area contributed by atoms with Crippen molar-refractivity contribution in [3.8, 4) is 0 Å². The Bertz CT molecular complexity index is 399. The Labute approximate surface area is 120 Å². The number of amides is 2. The quantitative estimate of drug-likeness (QED) is 0.772. The molecule has 0 radical (unpaired) electrons. The summed E-state index contributed by atoms with van der Waals surface area (Å²) >= 11 is 0. The summed E-state index contributed by atoms with van der Waals surface area (Å²) in [4.78, 5) is 26.1. The first-order valence-corrected chi connectivity index (χ1v) is 7.97. The fourth-order valence-electron chi connectivity index (χ4n) is 4.19. The van der Waals surface area contributed by atoms with Gasteiger partial charge in [-0.15, -0.1) is 0 Å². The molecule has 112 valence electrons. The molecule has 1 saturated carbocycles. The fraction of sp³-hybridized carbons (Fsp3) is 0.867. The molecule has 2 heterocycles. The second-order valence-electron chi connectivity index (χ2n) is 6.58. The summed E-state index contributed by atoms with van der Waals surface area (Å²) in [5.41, 5.74) is 5.79. The number of likely N-dealkylation sites (tertiary alicyclic amines) is 1. The van der Waals surface area contributed by atoms with Crippen LogP contribution in [0.1, 0.15) is 38.5 Å². The highest BCUT2D eigenvalue weighted by Gasteiger charge is 2.39. The maximum absolute atomic E-state index is 12.7. The number of nitrogens with two attached hydrogens (primary N) is 1. The molecule has 4 atom stereocenters. The lowest BCUT2D eigenvalue weighted by molar-refractivity contribution is -0.139. The van der Waals surface area contributed by atoms with E-state index in [0.29, 0.717) is 30.7 Å². The number of piperidine rings is 2. The van der Waals surface area contributed by atoms with E-state index >= 15 is 0 Å². The molecule has 2 aliphatic heterocycles. The maximum Gasteiger partial charge on any atom is 0.226 e. The lowest BCUT2D eigenvalue weighted by Crippen LogP contribution is -2.56. The Kier molecular flexibility index (Phi) is 3.96. The first-order valence-electron chi connectivity index (χ1n) is 7.97.